The average Bonchev–Trinajstić information content (AvgIpc) is 2.80. The lowest BCUT2D eigenvalue weighted by Gasteiger charge is -2.10. The molecular formula is C22H18N8O2. The van der Waals surface area contributed by atoms with Gasteiger partial charge < -0.3 is 10.6 Å². The number of nitrogens with zero attached hydrogens (tertiary/aromatic N) is 5. The fourth-order valence-electron chi connectivity index (χ4n) is 2.72. The molecule has 0 aliphatic heterocycles. The van der Waals surface area contributed by atoms with Crippen LogP contribution in [0.4, 0.5) is 34.9 Å². The molecule has 4 rings (SSSR count). The zero-order valence-electron chi connectivity index (χ0n) is 16.7. The Bertz CT molecular complexity index is 1170. The van der Waals surface area contributed by atoms with Gasteiger partial charge in [-0.25, -0.2) is 5.43 Å². The maximum absolute atomic E-state index is 10.9. The van der Waals surface area contributed by atoms with Crippen molar-refractivity contribution in [1.82, 2.24) is 15.0 Å². The second kappa shape index (κ2) is 9.76. The zero-order valence-corrected chi connectivity index (χ0v) is 16.7. The molecule has 32 heavy (non-hydrogen) atoms. The van der Waals surface area contributed by atoms with Gasteiger partial charge in [-0.3, -0.25) is 10.1 Å². The van der Waals surface area contributed by atoms with E-state index in [2.05, 4.69) is 36.1 Å². The van der Waals surface area contributed by atoms with E-state index in [1.165, 1.54) is 18.3 Å². The average molecular weight is 426 g/mol. The second-order valence-corrected chi connectivity index (χ2v) is 6.51. The van der Waals surface area contributed by atoms with Gasteiger partial charge >= 0.3 is 0 Å². The first kappa shape index (κ1) is 20.4. The van der Waals surface area contributed by atoms with E-state index in [0.717, 1.165) is 11.4 Å². The summed E-state index contributed by atoms with van der Waals surface area (Å²) in [5.41, 5.74) is 4.93. The summed E-state index contributed by atoms with van der Waals surface area (Å²) in [7, 11) is 0. The smallest absolute Gasteiger partial charge is 0.270 e. The summed E-state index contributed by atoms with van der Waals surface area (Å²) >= 11 is 0. The molecule has 3 N–H and O–H groups in total. The number of para-hydroxylation sites is 2. The molecule has 158 valence electrons. The summed E-state index contributed by atoms with van der Waals surface area (Å²) in [5.74, 6) is 0.828. The van der Waals surface area contributed by atoms with Crippen LogP contribution in [0.25, 0.3) is 0 Å². The van der Waals surface area contributed by atoms with Crippen LogP contribution in [0.15, 0.2) is 90.0 Å². The Morgan fingerprint density at radius 2 is 1.31 bits per heavy atom. The van der Waals surface area contributed by atoms with Crippen LogP contribution in [0.1, 0.15) is 5.56 Å². The highest BCUT2D eigenvalue weighted by atomic mass is 16.6. The van der Waals surface area contributed by atoms with E-state index in [1.807, 2.05) is 60.7 Å². The Hall–Kier alpha value is -4.86. The van der Waals surface area contributed by atoms with E-state index in [4.69, 9.17) is 0 Å². The molecule has 0 aliphatic rings. The van der Waals surface area contributed by atoms with Crippen molar-refractivity contribution < 1.29 is 4.92 Å². The van der Waals surface area contributed by atoms with Gasteiger partial charge in [0.25, 0.3) is 5.69 Å². The number of nitrogens with one attached hydrogen (secondary N) is 3. The van der Waals surface area contributed by atoms with Gasteiger partial charge in [-0.15, -0.1) is 0 Å². The predicted molar refractivity (Wildman–Crippen MR) is 124 cm³/mol. The first-order chi connectivity index (χ1) is 15.7. The third kappa shape index (κ3) is 5.60. The lowest BCUT2D eigenvalue weighted by atomic mass is 10.2. The second-order valence-electron chi connectivity index (χ2n) is 6.51. The number of nitro benzene ring substituents is 1. The van der Waals surface area contributed by atoms with E-state index in [9.17, 15) is 10.1 Å². The van der Waals surface area contributed by atoms with Crippen LogP contribution in [0.3, 0.4) is 0 Å². The fourth-order valence-corrected chi connectivity index (χ4v) is 2.72. The number of nitro groups is 1. The van der Waals surface area contributed by atoms with E-state index in [1.54, 1.807) is 12.1 Å². The van der Waals surface area contributed by atoms with Crippen LogP contribution in [0, 0.1) is 10.1 Å². The number of aromatic nitrogens is 3. The number of rotatable bonds is 8. The van der Waals surface area contributed by atoms with Gasteiger partial charge in [0, 0.05) is 29.1 Å². The molecule has 0 bridgehead atoms. The molecule has 0 unspecified atom stereocenters. The van der Waals surface area contributed by atoms with Crippen LogP contribution in [0.2, 0.25) is 0 Å². The van der Waals surface area contributed by atoms with E-state index < -0.39 is 4.92 Å². The topological polar surface area (TPSA) is 130 Å². The lowest BCUT2D eigenvalue weighted by Crippen LogP contribution is -2.07. The molecule has 1 aromatic heterocycles. The number of hydrogen-bond donors (Lipinski definition) is 3. The zero-order chi connectivity index (χ0) is 22.2. The van der Waals surface area contributed by atoms with Gasteiger partial charge in [0.1, 0.15) is 0 Å². The Balaban J connectivity index is 1.56. The first-order valence-electron chi connectivity index (χ1n) is 9.59. The normalized spacial score (nSPS) is 10.6. The van der Waals surface area contributed by atoms with Crippen LogP contribution in [-0.4, -0.2) is 26.1 Å². The molecule has 0 saturated carbocycles. The minimum absolute atomic E-state index is 0.0159. The number of hydrazone groups is 1. The van der Waals surface area contributed by atoms with Gasteiger partial charge in [0.2, 0.25) is 17.8 Å². The molecule has 4 aromatic rings. The monoisotopic (exact) mass is 426 g/mol. The first-order valence-corrected chi connectivity index (χ1v) is 9.59. The minimum Gasteiger partial charge on any atom is -0.324 e. The molecular weight excluding hydrogens is 408 g/mol. The van der Waals surface area contributed by atoms with Crippen molar-refractivity contribution in [3.63, 3.8) is 0 Å². The number of non-ortho nitro benzene ring substituents is 1. The number of benzene rings is 3. The molecule has 0 radical (unpaired) electrons. The van der Waals surface area contributed by atoms with Crippen LogP contribution >= 0.6 is 0 Å². The molecule has 0 amide bonds. The quantitative estimate of drug-likeness (QED) is 0.210. The summed E-state index contributed by atoms with van der Waals surface area (Å²) in [5, 5.41) is 21.3. The van der Waals surface area contributed by atoms with Gasteiger partial charge in [0.15, 0.2) is 0 Å². The van der Waals surface area contributed by atoms with Gasteiger partial charge in [-0.05, 0) is 24.3 Å². The molecule has 10 heteroatoms. The van der Waals surface area contributed by atoms with Crippen LogP contribution < -0.4 is 16.1 Å². The molecule has 0 atom stereocenters. The molecule has 1 heterocycles. The fraction of sp³-hybridized carbons (Fsp3) is 0. The Kier molecular flexibility index (Phi) is 6.23. The van der Waals surface area contributed by atoms with Crippen molar-refractivity contribution in [2.24, 2.45) is 5.10 Å². The SMILES string of the molecule is O=[N+]([O-])c1cccc(C=NNc2nc(Nc3ccccc3)nc(Nc3ccccc3)n2)c1. The lowest BCUT2D eigenvalue weighted by molar-refractivity contribution is -0.384. The van der Waals surface area contributed by atoms with Gasteiger partial charge in [0.05, 0.1) is 11.1 Å². The van der Waals surface area contributed by atoms with Crippen molar-refractivity contribution in [2.45, 2.75) is 0 Å². The maximum Gasteiger partial charge on any atom is 0.270 e. The summed E-state index contributed by atoms with van der Waals surface area (Å²) in [6, 6.07) is 25.1. The van der Waals surface area contributed by atoms with Crippen molar-refractivity contribution >= 4 is 41.1 Å². The molecule has 0 aliphatic carbocycles. The minimum atomic E-state index is -0.459. The molecule has 0 fully saturated rings. The predicted octanol–water partition coefficient (Wildman–Crippen LogP) is 4.71. The molecule has 0 saturated heterocycles. The van der Waals surface area contributed by atoms with E-state index in [0.29, 0.717) is 17.5 Å². The van der Waals surface area contributed by atoms with Gasteiger partial charge in [-0.2, -0.15) is 20.1 Å². The third-order valence-electron chi connectivity index (χ3n) is 4.15. The highest BCUT2D eigenvalue weighted by Gasteiger charge is 2.08. The summed E-state index contributed by atoms with van der Waals surface area (Å²) in [6.07, 6.45) is 1.45. The Morgan fingerprint density at radius 1 is 0.750 bits per heavy atom. The number of hydrogen-bond acceptors (Lipinski definition) is 9. The number of anilines is 5. The maximum atomic E-state index is 10.9. The van der Waals surface area contributed by atoms with Crippen molar-refractivity contribution in [3.8, 4) is 0 Å². The standard InChI is InChI=1S/C22H18N8O2/c31-30(32)19-13-7-8-16(14-19)15-23-29-22-27-20(24-17-9-3-1-4-10-17)26-21(28-22)25-18-11-5-2-6-12-18/h1-15H,(H3,24,25,26,27,28,29). The highest BCUT2D eigenvalue weighted by Crippen LogP contribution is 2.18. The molecule has 3 aromatic carbocycles. The van der Waals surface area contributed by atoms with Gasteiger partial charge in [-0.1, -0.05) is 48.5 Å². The largest absolute Gasteiger partial charge is 0.324 e. The third-order valence-corrected chi connectivity index (χ3v) is 4.15. The summed E-state index contributed by atoms with van der Waals surface area (Å²) in [4.78, 5) is 23.6. The summed E-state index contributed by atoms with van der Waals surface area (Å²) in [6.45, 7) is 0. The Morgan fingerprint density at radius 3 is 1.88 bits per heavy atom. The van der Waals surface area contributed by atoms with Crippen LogP contribution in [0.5, 0.6) is 0 Å². The Labute approximate surface area is 183 Å². The molecule has 10 nitrogen and oxygen atoms in total. The van der Waals surface area contributed by atoms with Crippen molar-refractivity contribution in [3.05, 3.63) is 101 Å². The molecule has 0 spiro atoms. The van der Waals surface area contributed by atoms with Crippen molar-refractivity contribution in [2.75, 3.05) is 16.1 Å². The van der Waals surface area contributed by atoms with Crippen LogP contribution in [-0.2, 0) is 0 Å². The van der Waals surface area contributed by atoms with Crippen molar-refractivity contribution in [1.29, 1.82) is 0 Å². The highest BCUT2D eigenvalue weighted by molar-refractivity contribution is 5.81. The summed E-state index contributed by atoms with van der Waals surface area (Å²) < 4.78 is 0. The van der Waals surface area contributed by atoms with E-state index in [-0.39, 0.29) is 11.6 Å². The van der Waals surface area contributed by atoms with E-state index >= 15 is 0 Å².